The smallest absolute Gasteiger partial charge is 0.0793 e. The molecule has 1 rings (SSSR count). The Labute approximate surface area is 91.3 Å². The average molecular weight is 211 g/mol. The van der Waals surface area contributed by atoms with Gasteiger partial charge in [-0.25, -0.2) is 4.68 Å². The van der Waals surface area contributed by atoms with Crippen molar-refractivity contribution in [3.8, 4) is 0 Å². The second-order valence-corrected chi connectivity index (χ2v) is 4.04. The summed E-state index contributed by atoms with van der Waals surface area (Å²) in [5.74, 6) is 0. The summed E-state index contributed by atoms with van der Waals surface area (Å²) in [7, 11) is 0. The first-order chi connectivity index (χ1) is 7.25. The fraction of sp³-hybridized carbons (Fsp3) is 0.818. The molecule has 15 heavy (non-hydrogen) atoms. The maximum Gasteiger partial charge on any atom is 0.0793 e. The molecule has 0 radical (unpaired) electrons. The quantitative estimate of drug-likeness (QED) is 0.703. The van der Waals surface area contributed by atoms with Gasteiger partial charge in [0, 0.05) is 6.20 Å². The molecule has 4 nitrogen and oxygen atoms in total. The topological polar surface area (TPSA) is 50.9 Å². The van der Waals surface area contributed by atoms with Crippen LogP contribution in [0.25, 0.3) is 0 Å². The molecule has 0 saturated heterocycles. The Morgan fingerprint density at radius 1 is 1.33 bits per heavy atom. The summed E-state index contributed by atoms with van der Waals surface area (Å²) >= 11 is 0. The maximum atomic E-state index is 9.65. The lowest BCUT2D eigenvalue weighted by molar-refractivity contribution is 0.114. The minimum absolute atomic E-state index is 0.0735. The van der Waals surface area contributed by atoms with Crippen LogP contribution in [0.15, 0.2) is 12.4 Å². The summed E-state index contributed by atoms with van der Waals surface area (Å²) in [6.07, 6.45) is 8.96. The fourth-order valence-electron chi connectivity index (χ4n) is 1.77. The van der Waals surface area contributed by atoms with Gasteiger partial charge in [-0.3, -0.25) is 0 Å². The van der Waals surface area contributed by atoms with Gasteiger partial charge in [0.05, 0.1) is 18.3 Å². The van der Waals surface area contributed by atoms with Crippen molar-refractivity contribution in [2.45, 2.75) is 58.1 Å². The van der Waals surface area contributed by atoms with Gasteiger partial charge in [-0.1, -0.05) is 37.8 Å². The molecule has 1 N–H and O–H groups in total. The van der Waals surface area contributed by atoms with E-state index in [0.717, 1.165) is 12.8 Å². The SMILES string of the molecule is CCCCCC[C@@H]([C@H](C)O)n1ccnn1. The van der Waals surface area contributed by atoms with Crippen LogP contribution in [-0.4, -0.2) is 26.2 Å². The Morgan fingerprint density at radius 2 is 2.13 bits per heavy atom. The molecule has 0 unspecified atom stereocenters. The molecule has 4 heteroatoms. The minimum atomic E-state index is -0.367. The van der Waals surface area contributed by atoms with Crippen LogP contribution in [-0.2, 0) is 0 Å². The number of aliphatic hydroxyl groups is 1. The Balaban J connectivity index is 2.39. The molecule has 0 aliphatic heterocycles. The molecule has 0 spiro atoms. The van der Waals surface area contributed by atoms with E-state index in [2.05, 4.69) is 17.2 Å². The minimum Gasteiger partial charge on any atom is -0.391 e. The van der Waals surface area contributed by atoms with Crippen LogP contribution in [0.2, 0.25) is 0 Å². The molecule has 1 aromatic heterocycles. The van der Waals surface area contributed by atoms with Crippen LogP contribution in [0, 0.1) is 0 Å². The second-order valence-electron chi connectivity index (χ2n) is 4.04. The standard InChI is InChI=1S/C11H21N3O/c1-3-4-5-6-7-11(10(2)15)14-9-8-12-13-14/h8-11,15H,3-7H2,1-2H3/t10-,11-/m0/s1. The highest BCUT2D eigenvalue weighted by Gasteiger charge is 2.16. The van der Waals surface area contributed by atoms with Gasteiger partial charge in [-0.15, -0.1) is 5.10 Å². The highest BCUT2D eigenvalue weighted by atomic mass is 16.3. The molecule has 0 aliphatic carbocycles. The zero-order valence-electron chi connectivity index (χ0n) is 9.63. The van der Waals surface area contributed by atoms with E-state index in [1.165, 1.54) is 19.3 Å². The third-order valence-electron chi connectivity index (χ3n) is 2.69. The van der Waals surface area contributed by atoms with Gasteiger partial charge >= 0.3 is 0 Å². The Kier molecular flexibility index (Phi) is 5.32. The van der Waals surface area contributed by atoms with Gasteiger partial charge in [0.1, 0.15) is 0 Å². The van der Waals surface area contributed by atoms with Gasteiger partial charge < -0.3 is 5.11 Å². The van der Waals surface area contributed by atoms with Crippen molar-refractivity contribution < 1.29 is 5.11 Å². The van der Waals surface area contributed by atoms with Gasteiger partial charge in [0.25, 0.3) is 0 Å². The first-order valence-corrected chi connectivity index (χ1v) is 5.79. The summed E-state index contributed by atoms with van der Waals surface area (Å²) < 4.78 is 1.76. The number of unbranched alkanes of at least 4 members (excludes halogenated alkanes) is 3. The van der Waals surface area contributed by atoms with Crippen molar-refractivity contribution in [2.75, 3.05) is 0 Å². The number of rotatable bonds is 7. The molecule has 0 aliphatic rings. The van der Waals surface area contributed by atoms with E-state index in [0.29, 0.717) is 0 Å². The maximum absolute atomic E-state index is 9.65. The normalized spacial score (nSPS) is 15.1. The molecule has 86 valence electrons. The van der Waals surface area contributed by atoms with Crippen LogP contribution < -0.4 is 0 Å². The van der Waals surface area contributed by atoms with Crippen molar-refractivity contribution in [1.29, 1.82) is 0 Å². The van der Waals surface area contributed by atoms with E-state index >= 15 is 0 Å². The molecule has 0 amide bonds. The van der Waals surface area contributed by atoms with Gasteiger partial charge in [-0.2, -0.15) is 0 Å². The fourth-order valence-corrected chi connectivity index (χ4v) is 1.77. The zero-order chi connectivity index (χ0) is 11.1. The van der Waals surface area contributed by atoms with Crippen LogP contribution in [0.1, 0.15) is 52.0 Å². The van der Waals surface area contributed by atoms with Crippen molar-refractivity contribution in [1.82, 2.24) is 15.0 Å². The van der Waals surface area contributed by atoms with E-state index in [1.54, 1.807) is 10.9 Å². The lowest BCUT2D eigenvalue weighted by Crippen LogP contribution is -2.22. The molecule has 2 atom stereocenters. The van der Waals surface area contributed by atoms with Crippen LogP contribution in [0.3, 0.4) is 0 Å². The molecule has 0 aromatic carbocycles. The predicted molar refractivity (Wildman–Crippen MR) is 59.5 cm³/mol. The monoisotopic (exact) mass is 211 g/mol. The van der Waals surface area contributed by atoms with E-state index in [-0.39, 0.29) is 12.1 Å². The number of aliphatic hydroxyl groups excluding tert-OH is 1. The Hall–Kier alpha value is -0.900. The van der Waals surface area contributed by atoms with E-state index in [9.17, 15) is 5.11 Å². The van der Waals surface area contributed by atoms with E-state index < -0.39 is 0 Å². The van der Waals surface area contributed by atoms with Crippen LogP contribution in [0.5, 0.6) is 0 Å². The Bertz CT molecular complexity index is 246. The van der Waals surface area contributed by atoms with Gasteiger partial charge in [0.2, 0.25) is 0 Å². The summed E-state index contributed by atoms with van der Waals surface area (Å²) in [5.41, 5.74) is 0. The summed E-state index contributed by atoms with van der Waals surface area (Å²) in [6, 6.07) is 0.0735. The van der Waals surface area contributed by atoms with Gasteiger partial charge in [-0.05, 0) is 13.3 Å². The zero-order valence-corrected chi connectivity index (χ0v) is 9.63. The third-order valence-corrected chi connectivity index (χ3v) is 2.69. The molecular formula is C11H21N3O. The molecule has 1 aromatic rings. The molecule has 0 fully saturated rings. The van der Waals surface area contributed by atoms with Crippen molar-refractivity contribution >= 4 is 0 Å². The second kappa shape index (κ2) is 6.56. The van der Waals surface area contributed by atoms with Crippen molar-refractivity contribution in [3.63, 3.8) is 0 Å². The number of aromatic nitrogens is 3. The number of hydrogen-bond acceptors (Lipinski definition) is 3. The van der Waals surface area contributed by atoms with E-state index in [4.69, 9.17) is 0 Å². The largest absolute Gasteiger partial charge is 0.391 e. The molecule has 0 saturated carbocycles. The number of hydrogen-bond donors (Lipinski definition) is 1. The summed E-state index contributed by atoms with van der Waals surface area (Å²) in [5, 5.41) is 17.4. The molecule has 1 heterocycles. The number of nitrogens with zero attached hydrogens (tertiary/aromatic N) is 3. The summed E-state index contributed by atoms with van der Waals surface area (Å²) in [6.45, 7) is 4.01. The lowest BCUT2D eigenvalue weighted by Gasteiger charge is -2.19. The highest BCUT2D eigenvalue weighted by Crippen LogP contribution is 2.18. The van der Waals surface area contributed by atoms with E-state index in [1.807, 2.05) is 13.1 Å². The Morgan fingerprint density at radius 3 is 2.67 bits per heavy atom. The van der Waals surface area contributed by atoms with Crippen LogP contribution in [0.4, 0.5) is 0 Å². The molecule has 0 bridgehead atoms. The first-order valence-electron chi connectivity index (χ1n) is 5.79. The predicted octanol–water partition coefficient (Wildman–Crippen LogP) is 2.17. The van der Waals surface area contributed by atoms with Crippen LogP contribution >= 0.6 is 0 Å². The first kappa shape index (κ1) is 12.2. The summed E-state index contributed by atoms with van der Waals surface area (Å²) in [4.78, 5) is 0. The third kappa shape index (κ3) is 4.00. The van der Waals surface area contributed by atoms with Crippen molar-refractivity contribution in [2.24, 2.45) is 0 Å². The van der Waals surface area contributed by atoms with Crippen molar-refractivity contribution in [3.05, 3.63) is 12.4 Å². The molecular weight excluding hydrogens is 190 g/mol. The average Bonchev–Trinajstić information content (AvgIpc) is 2.70. The van der Waals surface area contributed by atoms with Gasteiger partial charge in [0.15, 0.2) is 0 Å². The lowest BCUT2D eigenvalue weighted by atomic mass is 10.0. The highest BCUT2D eigenvalue weighted by molar-refractivity contribution is 4.75.